The molecule has 2 rings (SSSR count). The van der Waals surface area contributed by atoms with Crippen LogP contribution in [0.5, 0.6) is 0 Å². The second kappa shape index (κ2) is 13.9. The number of aliphatic imine (C=N–C) groups is 1. The molecule has 0 unspecified atom stereocenters. The molecule has 2 fully saturated rings. The molecule has 1 aliphatic heterocycles. The fourth-order valence-electron chi connectivity index (χ4n) is 3.80. The summed E-state index contributed by atoms with van der Waals surface area (Å²) >= 11 is 1.96. The summed E-state index contributed by atoms with van der Waals surface area (Å²) in [6.07, 6.45) is 7.89. The van der Waals surface area contributed by atoms with E-state index >= 15 is 0 Å². The van der Waals surface area contributed by atoms with Gasteiger partial charge in [-0.05, 0) is 38.0 Å². The van der Waals surface area contributed by atoms with E-state index in [1.807, 2.05) is 18.8 Å². The van der Waals surface area contributed by atoms with Gasteiger partial charge in [0.1, 0.15) is 0 Å². The van der Waals surface area contributed by atoms with Gasteiger partial charge in [0, 0.05) is 50.1 Å². The first-order chi connectivity index (χ1) is 12.6. The van der Waals surface area contributed by atoms with Gasteiger partial charge in [-0.3, -0.25) is 9.79 Å². The van der Waals surface area contributed by atoms with Crippen LogP contribution in [0.4, 0.5) is 0 Å². The highest BCUT2D eigenvalue weighted by Gasteiger charge is 2.30. The molecule has 0 atom stereocenters. The molecule has 2 aliphatic rings. The van der Waals surface area contributed by atoms with E-state index in [1.54, 1.807) is 0 Å². The number of carbonyl (C=O) groups excluding carboxylic acids is 1. The van der Waals surface area contributed by atoms with E-state index in [0.29, 0.717) is 11.9 Å². The molecule has 1 amide bonds. The summed E-state index contributed by atoms with van der Waals surface area (Å²) < 4.78 is 0. The number of hydrogen-bond donors (Lipinski definition) is 2. The largest absolute Gasteiger partial charge is 0.356 e. The van der Waals surface area contributed by atoms with Crippen molar-refractivity contribution in [3.63, 3.8) is 0 Å². The monoisotopic (exact) mass is 510 g/mol. The minimum Gasteiger partial charge on any atom is -0.356 e. The van der Waals surface area contributed by atoms with Gasteiger partial charge in [-0.2, -0.15) is 11.8 Å². The Hall–Kier alpha value is -0.180. The zero-order chi connectivity index (χ0) is 18.8. The quantitative estimate of drug-likeness (QED) is 0.237. The molecule has 0 spiro atoms. The van der Waals surface area contributed by atoms with E-state index < -0.39 is 0 Å². The molecule has 7 heteroatoms. The molecule has 0 aromatic heterocycles. The van der Waals surface area contributed by atoms with Crippen LogP contribution >= 0.6 is 35.7 Å². The summed E-state index contributed by atoms with van der Waals surface area (Å²) in [5, 5.41) is 6.99. The maximum atomic E-state index is 12.6. The number of hydrogen-bond acceptors (Lipinski definition) is 3. The van der Waals surface area contributed by atoms with Crippen molar-refractivity contribution in [3.05, 3.63) is 0 Å². The van der Waals surface area contributed by atoms with Gasteiger partial charge in [0.05, 0.1) is 0 Å². The number of unbranched alkanes of at least 4 members (excludes halogenated alkanes) is 1. The van der Waals surface area contributed by atoms with Crippen LogP contribution < -0.4 is 10.6 Å². The summed E-state index contributed by atoms with van der Waals surface area (Å²) in [4.78, 5) is 19.1. The fourth-order valence-corrected chi connectivity index (χ4v) is 4.70. The summed E-state index contributed by atoms with van der Waals surface area (Å²) in [6, 6.07) is 0.442. The first kappa shape index (κ1) is 24.9. The van der Waals surface area contributed by atoms with Crippen LogP contribution in [0.3, 0.4) is 0 Å². The van der Waals surface area contributed by atoms with Gasteiger partial charge in [0.25, 0.3) is 0 Å². The average Bonchev–Trinajstić information content (AvgIpc) is 2.67. The Bertz CT molecular complexity index is 447. The summed E-state index contributed by atoms with van der Waals surface area (Å²) in [7, 11) is 1.84. The van der Waals surface area contributed by atoms with Crippen molar-refractivity contribution in [2.45, 2.75) is 64.8 Å². The summed E-state index contributed by atoms with van der Waals surface area (Å²) in [6.45, 7) is 7.41. The number of halogens is 1. The molecule has 27 heavy (non-hydrogen) atoms. The molecule has 0 bridgehead atoms. The molecule has 1 aliphatic carbocycles. The van der Waals surface area contributed by atoms with Crippen LogP contribution in [0.25, 0.3) is 0 Å². The Balaban J connectivity index is 0.00000364. The Morgan fingerprint density at radius 1 is 1.15 bits per heavy atom. The Kier molecular flexibility index (Phi) is 12.8. The molecule has 0 radical (unpaired) electrons. The van der Waals surface area contributed by atoms with E-state index in [1.165, 1.54) is 19.3 Å². The van der Waals surface area contributed by atoms with Crippen molar-refractivity contribution in [2.75, 3.05) is 38.2 Å². The van der Waals surface area contributed by atoms with Gasteiger partial charge in [0.2, 0.25) is 5.91 Å². The van der Waals surface area contributed by atoms with Gasteiger partial charge in [0.15, 0.2) is 5.96 Å². The molecule has 1 saturated heterocycles. The zero-order valence-corrected chi connectivity index (χ0v) is 20.5. The lowest BCUT2D eigenvalue weighted by atomic mass is 9.85. The lowest BCUT2D eigenvalue weighted by Crippen LogP contribution is -2.47. The van der Waals surface area contributed by atoms with Gasteiger partial charge >= 0.3 is 0 Å². The van der Waals surface area contributed by atoms with E-state index in [-0.39, 0.29) is 29.9 Å². The predicted octanol–water partition coefficient (Wildman–Crippen LogP) is 3.73. The minimum atomic E-state index is 0. The maximum absolute atomic E-state index is 12.6. The van der Waals surface area contributed by atoms with Crippen molar-refractivity contribution >= 4 is 47.6 Å². The number of carbonyl (C=O) groups is 1. The van der Waals surface area contributed by atoms with Crippen LogP contribution in [0, 0.1) is 11.8 Å². The number of nitrogens with one attached hydrogen (secondary N) is 2. The molecule has 158 valence electrons. The number of nitrogens with zero attached hydrogens (tertiary/aromatic N) is 2. The van der Waals surface area contributed by atoms with Crippen molar-refractivity contribution in [1.82, 2.24) is 15.5 Å². The molecule has 0 aromatic carbocycles. The summed E-state index contributed by atoms with van der Waals surface area (Å²) in [5.41, 5.74) is 0. The van der Waals surface area contributed by atoms with Crippen LogP contribution in [0.1, 0.15) is 58.8 Å². The van der Waals surface area contributed by atoms with Gasteiger partial charge in [-0.1, -0.05) is 26.7 Å². The minimum absolute atomic E-state index is 0. The van der Waals surface area contributed by atoms with Crippen molar-refractivity contribution < 1.29 is 4.79 Å². The van der Waals surface area contributed by atoms with Crippen molar-refractivity contribution in [1.29, 1.82) is 0 Å². The van der Waals surface area contributed by atoms with E-state index in [0.717, 1.165) is 68.7 Å². The fraction of sp³-hybridized carbons (Fsp3) is 0.900. The predicted molar refractivity (Wildman–Crippen MR) is 128 cm³/mol. The maximum Gasteiger partial charge on any atom is 0.225 e. The Morgan fingerprint density at radius 2 is 1.81 bits per heavy atom. The van der Waals surface area contributed by atoms with Gasteiger partial charge in [-0.15, -0.1) is 24.0 Å². The van der Waals surface area contributed by atoms with Crippen LogP contribution in [0.2, 0.25) is 0 Å². The third-order valence-electron chi connectivity index (χ3n) is 5.46. The molecule has 0 aromatic rings. The first-order valence-electron chi connectivity index (χ1n) is 10.4. The van der Waals surface area contributed by atoms with Gasteiger partial charge < -0.3 is 15.5 Å². The third-order valence-corrected chi connectivity index (χ3v) is 6.41. The van der Waals surface area contributed by atoms with E-state index in [9.17, 15) is 4.79 Å². The lowest BCUT2D eigenvalue weighted by Gasteiger charge is -2.34. The third kappa shape index (κ3) is 9.24. The Labute approximate surface area is 187 Å². The molecule has 5 nitrogen and oxygen atoms in total. The topological polar surface area (TPSA) is 56.7 Å². The standard InChI is InChI=1S/C20H38N4OS.HI/c1-16(2)6-4-5-11-22-20(21-3)23-18-9-7-17(8-10-18)19(25)24-12-14-26-15-13-24;/h16-18H,4-15H2,1-3H3,(H2,21,22,23);1H. The van der Waals surface area contributed by atoms with Crippen molar-refractivity contribution in [2.24, 2.45) is 16.8 Å². The number of rotatable bonds is 7. The number of guanidine groups is 1. The second-order valence-corrected chi connectivity index (χ2v) is 9.24. The van der Waals surface area contributed by atoms with Crippen LogP contribution in [-0.2, 0) is 4.79 Å². The highest BCUT2D eigenvalue weighted by Crippen LogP contribution is 2.27. The first-order valence-corrected chi connectivity index (χ1v) is 11.6. The molecule has 1 saturated carbocycles. The van der Waals surface area contributed by atoms with Gasteiger partial charge in [-0.25, -0.2) is 0 Å². The van der Waals surface area contributed by atoms with Crippen LogP contribution in [0.15, 0.2) is 4.99 Å². The SMILES string of the molecule is CN=C(NCCCCC(C)C)NC1CCC(C(=O)N2CCSCC2)CC1.I. The normalized spacial score (nSPS) is 23.7. The average molecular weight is 511 g/mol. The molecular formula is C20H39IN4OS. The Morgan fingerprint density at radius 3 is 2.41 bits per heavy atom. The van der Waals surface area contributed by atoms with E-state index in [4.69, 9.17) is 0 Å². The number of thioether (sulfide) groups is 1. The zero-order valence-electron chi connectivity index (χ0n) is 17.3. The highest BCUT2D eigenvalue weighted by molar-refractivity contribution is 14.0. The molecule has 1 heterocycles. The van der Waals surface area contributed by atoms with Crippen LogP contribution in [-0.4, -0.2) is 61.0 Å². The number of amides is 1. The van der Waals surface area contributed by atoms with Crippen molar-refractivity contribution in [3.8, 4) is 0 Å². The lowest BCUT2D eigenvalue weighted by molar-refractivity contribution is -0.136. The van der Waals surface area contributed by atoms with E-state index in [2.05, 4.69) is 34.4 Å². The smallest absolute Gasteiger partial charge is 0.225 e. The molecule has 2 N–H and O–H groups in total. The molecular weight excluding hydrogens is 471 g/mol. The second-order valence-electron chi connectivity index (χ2n) is 8.02. The highest BCUT2D eigenvalue weighted by atomic mass is 127. The summed E-state index contributed by atoms with van der Waals surface area (Å²) in [5.74, 6) is 4.54.